The first-order valence-electron chi connectivity index (χ1n) is 6.49. The van der Waals surface area contributed by atoms with Gasteiger partial charge in [-0.1, -0.05) is 30.3 Å². The van der Waals surface area contributed by atoms with Crippen LogP contribution in [-0.4, -0.2) is 16.0 Å². The summed E-state index contributed by atoms with van der Waals surface area (Å²) in [6.07, 6.45) is 1.80. The predicted octanol–water partition coefficient (Wildman–Crippen LogP) is 4.29. The van der Waals surface area contributed by atoms with Crippen LogP contribution in [0, 0.1) is 6.92 Å². The van der Waals surface area contributed by atoms with Crippen LogP contribution >= 0.6 is 23.1 Å². The molecule has 0 radical (unpaired) electrons. The van der Waals surface area contributed by atoms with Crippen LogP contribution in [-0.2, 0) is 11.3 Å². The fraction of sp³-hybridized carbons (Fsp3) is 0.125. The summed E-state index contributed by atoms with van der Waals surface area (Å²) in [5.74, 6) is -0.208. The molecule has 1 saturated heterocycles. The Morgan fingerprint density at radius 2 is 1.86 bits per heavy atom. The van der Waals surface area contributed by atoms with Crippen LogP contribution in [0.15, 0.2) is 47.4 Å². The number of hydrogen-bond acceptors (Lipinski definition) is 4. The maximum Gasteiger partial charge on any atom is 0.293 e. The number of carbonyl (C=O) groups is 2. The molecule has 1 aromatic carbocycles. The van der Waals surface area contributed by atoms with E-state index in [1.165, 1.54) is 9.78 Å². The third-order valence-electron chi connectivity index (χ3n) is 3.09. The minimum Gasteiger partial charge on any atom is -0.268 e. The molecule has 0 unspecified atom stereocenters. The third-order valence-corrected chi connectivity index (χ3v) is 4.95. The number of nitrogens with zero attached hydrogens (tertiary/aromatic N) is 1. The first-order valence-corrected chi connectivity index (χ1v) is 8.12. The van der Waals surface area contributed by atoms with E-state index >= 15 is 0 Å². The third kappa shape index (κ3) is 3.09. The van der Waals surface area contributed by atoms with Crippen LogP contribution < -0.4 is 0 Å². The predicted molar refractivity (Wildman–Crippen MR) is 87.0 cm³/mol. The summed E-state index contributed by atoms with van der Waals surface area (Å²) in [6, 6.07) is 13.5. The molecule has 2 heterocycles. The number of hydrogen-bond donors (Lipinski definition) is 0. The molecular formula is C16H13NO2S2. The molecular weight excluding hydrogens is 302 g/mol. The van der Waals surface area contributed by atoms with Crippen LogP contribution in [0.4, 0.5) is 4.79 Å². The summed E-state index contributed by atoms with van der Waals surface area (Å²) in [7, 11) is 0. The highest BCUT2D eigenvalue weighted by Crippen LogP contribution is 2.34. The fourth-order valence-corrected chi connectivity index (χ4v) is 3.79. The van der Waals surface area contributed by atoms with E-state index in [1.807, 2.05) is 49.4 Å². The van der Waals surface area contributed by atoms with Gasteiger partial charge in [-0.2, -0.15) is 0 Å². The van der Waals surface area contributed by atoms with Crippen LogP contribution in [0.2, 0.25) is 0 Å². The minimum absolute atomic E-state index is 0.205. The second-order valence-corrected chi connectivity index (χ2v) is 7.01. The number of thioether (sulfide) groups is 1. The van der Waals surface area contributed by atoms with Crippen molar-refractivity contribution in [3.63, 3.8) is 0 Å². The van der Waals surface area contributed by atoms with Gasteiger partial charge in [-0.05, 0) is 42.5 Å². The fourth-order valence-electron chi connectivity index (χ4n) is 2.06. The zero-order valence-electron chi connectivity index (χ0n) is 11.4. The molecule has 0 saturated carbocycles. The zero-order valence-corrected chi connectivity index (χ0v) is 13.0. The standard InChI is InChI=1S/C16H13NO2S2/c1-11-7-8-13(20-11)9-14-15(18)17(16(19)21-14)10-12-5-3-2-4-6-12/h2-9H,10H2,1H3/b14-9+. The van der Waals surface area contributed by atoms with Crippen LogP contribution in [0.1, 0.15) is 15.3 Å². The van der Waals surface area contributed by atoms with Crippen molar-refractivity contribution in [2.75, 3.05) is 0 Å². The molecule has 3 nitrogen and oxygen atoms in total. The number of amides is 2. The maximum atomic E-state index is 12.4. The van der Waals surface area contributed by atoms with Gasteiger partial charge in [0.25, 0.3) is 11.1 Å². The highest BCUT2D eigenvalue weighted by atomic mass is 32.2. The number of rotatable bonds is 3. The van der Waals surface area contributed by atoms with E-state index in [0.717, 1.165) is 22.2 Å². The molecule has 0 bridgehead atoms. The highest BCUT2D eigenvalue weighted by Gasteiger charge is 2.34. The molecule has 2 aromatic rings. The van der Waals surface area contributed by atoms with Gasteiger partial charge < -0.3 is 0 Å². The summed E-state index contributed by atoms with van der Waals surface area (Å²) in [5, 5.41) is -0.205. The lowest BCUT2D eigenvalue weighted by Crippen LogP contribution is -2.27. The Morgan fingerprint density at radius 1 is 1.10 bits per heavy atom. The summed E-state index contributed by atoms with van der Waals surface area (Å²) in [4.78, 5) is 28.4. The van der Waals surface area contributed by atoms with E-state index in [-0.39, 0.29) is 11.1 Å². The molecule has 5 heteroatoms. The average molecular weight is 315 g/mol. The SMILES string of the molecule is Cc1ccc(/C=C2/SC(=O)N(Cc3ccccc3)C2=O)s1. The number of benzene rings is 1. The summed E-state index contributed by atoms with van der Waals surface area (Å²) in [5.41, 5.74) is 0.952. The van der Waals surface area contributed by atoms with Crippen LogP contribution in [0.3, 0.4) is 0 Å². The lowest BCUT2D eigenvalue weighted by molar-refractivity contribution is -0.123. The molecule has 0 aliphatic carbocycles. The van der Waals surface area contributed by atoms with Gasteiger partial charge in [0.05, 0.1) is 11.4 Å². The molecule has 1 aromatic heterocycles. The summed E-state index contributed by atoms with van der Waals surface area (Å²) in [6.45, 7) is 2.34. The average Bonchev–Trinajstić information content (AvgIpc) is 2.99. The lowest BCUT2D eigenvalue weighted by Gasteiger charge is -2.11. The second kappa shape index (κ2) is 5.87. The van der Waals surface area contributed by atoms with Gasteiger partial charge in [-0.3, -0.25) is 14.5 Å². The summed E-state index contributed by atoms with van der Waals surface area (Å²) >= 11 is 2.62. The van der Waals surface area contributed by atoms with Crippen LogP contribution in [0.25, 0.3) is 6.08 Å². The molecule has 0 N–H and O–H groups in total. The topological polar surface area (TPSA) is 37.4 Å². The van der Waals surface area contributed by atoms with Crippen molar-refractivity contribution in [3.05, 3.63) is 62.7 Å². The second-order valence-electron chi connectivity index (χ2n) is 4.70. The largest absolute Gasteiger partial charge is 0.293 e. The number of thiophene rings is 1. The Morgan fingerprint density at radius 3 is 2.52 bits per heavy atom. The molecule has 106 valence electrons. The van der Waals surface area contributed by atoms with Gasteiger partial charge in [-0.25, -0.2) is 0 Å². The van der Waals surface area contributed by atoms with E-state index in [9.17, 15) is 9.59 Å². The van der Waals surface area contributed by atoms with E-state index in [4.69, 9.17) is 0 Å². The minimum atomic E-state index is -0.208. The monoisotopic (exact) mass is 315 g/mol. The van der Waals surface area contributed by atoms with E-state index in [2.05, 4.69) is 0 Å². The molecule has 1 fully saturated rings. The van der Waals surface area contributed by atoms with Gasteiger partial charge in [0.2, 0.25) is 0 Å². The Bertz CT molecular complexity index is 719. The van der Waals surface area contributed by atoms with Gasteiger partial charge in [-0.15, -0.1) is 11.3 Å². The van der Waals surface area contributed by atoms with Gasteiger partial charge in [0.1, 0.15) is 0 Å². The van der Waals surface area contributed by atoms with E-state index < -0.39 is 0 Å². The quantitative estimate of drug-likeness (QED) is 0.793. The molecule has 0 spiro atoms. The first kappa shape index (κ1) is 14.1. The Balaban J connectivity index is 1.81. The number of imide groups is 1. The normalized spacial score (nSPS) is 17.0. The van der Waals surface area contributed by atoms with E-state index in [1.54, 1.807) is 17.4 Å². The van der Waals surface area contributed by atoms with Crippen molar-refractivity contribution in [1.29, 1.82) is 0 Å². The number of aryl methyl sites for hydroxylation is 1. The van der Waals surface area contributed by atoms with Crippen molar-refractivity contribution in [1.82, 2.24) is 4.90 Å². The van der Waals surface area contributed by atoms with Gasteiger partial charge >= 0.3 is 0 Å². The Labute approximate surface area is 131 Å². The maximum absolute atomic E-state index is 12.4. The Hall–Kier alpha value is -1.85. The van der Waals surface area contributed by atoms with Crippen molar-refractivity contribution < 1.29 is 9.59 Å². The zero-order chi connectivity index (χ0) is 14.8. The number of carbonyl (C=O) groups excluding carboxylic acids is 2. The Kier molecular flexibility index (Phi) is 3.94. The summed E-state index contributed by atoms with van der Waals surface area (Å²) < 4.78 is 0. The van der Waals surface area contributed by atoms with Gasteiger partial charge in [0.15, 0.2) is 0 Å². The van der Waals surface area contributed by atoms with Crippen LogP contribution in [0.5, 0.6) is 0 Å². The lowest BCUT2D eigenvalue weighted by atomic mass is 10.2. The first-order chi connectivity index (χ1) is 10.1. The van der Waals surface area contributed by atoms with Crippen molar-refractivity contribution in [2.24, 2.45) is 0 Å². The van der Waals surface area contributed by atoms with Crippen molar-refractivity contribution in [2.45, 2.75) is 13.5 Å². The highest BCUT2D eigenvalue weighted by molar-refractivity contribution is 8.18. The van der Waals surface area contributed by atoms with Crippen molar-refractivity contribution in [3.8, 4) is 0 Å². The molecule has 1 aliphatic heterocycles. The van der Waals surface area contributed by atoms with E-state index in [0.29, 0.717) is 11.4 Å². The molecule has 3 rings (SSSR count). The van der Waals surface area contributed by atoms with Gasteiger partial charge in [0, 0.05) is 9.75 Å². The molecule has 1 aliphatic rings. The van der Waals surface area contributed by atoms with Crippen molar-refractivity contribution >= 4 is 40.3 Å². The smallest absolute Gasteiger partial charge is 0.268 e. The molecule has 21 heavy (non-hydrogen) atoms. The molecule has 2 amide bonds. The molecule has 0 atom stereocenters.